The highest BCUT2D eigenvalue weighted by Crippen LogP contribution is 2.35. The topological polar surface area (TPSA) is 76.2 Å². The van der Waals surface area contributed by atoms with E-state index in [-0.39, 0.29) is 36.6 Å². The lowest BCUT2D eigenvalue weighted by atomic mass is 10.1. The average Bonchev–Trinajstić information content (AvgIpc) is 2.87. The van der Waals surface area contributed by atoms with Gasteiger partial charge in [0, 0.05) is 19.2 Å². The molecule has 1 heterocycles. The van der Waals surface area contributed by atoms with E-state index in [0.717, 1.165) is 5.56 Å². The number of carbonyl (C=O) groups excluding carboxylic acids is 3. The maximum atomic E-state index is 13.3. The van der Waals surface area contributed by atoms with Crippen molar-refractivity contribution in [1.29, 1.82) is 0 Å². The normalized spacial score (nSPS) is 13.4. The Morgan fingerprint density at radius 1 is 1.11 bits per heavy atom. The quantitative estimate of drug-likeness (QED) is 0.443. The van der Waals surface area contributed by atoms with Crippen molar-refractivity contribution in [2.45, 2.75) is 26.4 Å². The van der Waals surface area contributed by atoms with Crippen molar-refractivity contribution in [3.05, 3.63) is 89.2 Å². The van der Waals surface area contributed by atoms with Gasteiger partial charge in [0.25, 0.3) is 5.91 Å². The first-order valence-corrected chi connectivity index (χ1v) is 11.5. The minimum absolute atomic E-state index is 0.201. The van der Waals surface area contributed by atoms with Gasteiger partial charge in [0.2, 0.25) is 5.91 Å². The fourth-order valence-electron chi connectivity index (χ4n) is 4.14. The summed E-state index contributed by atoms with van der Waals surface area (Å²) in [6.07, 6.45) is 0. The van der Waals surface area contributed by atoms with Crippen molar-refractivity contribution in [1.82, 2.24) is 4.90 Å². The van der Waals surface area contributed by atoms with Gasteiger partial charge in [0.1, 0.15) is 23.4 Å². The van der Waals surface area contributed by atoms with E-state index < -0.39 is 6.04 Å². The molecule has 0 fully saturated rings. The van der Waals surface area contributed by atoms with Crippen LogP contribution < -0.4 is 14.4 Å². The van der Waals surface area contributed by atoms with Crippen molar-refractivity contribution in [2.24, 2.45) is 0 Å². The fraction of sp³-hybridized carbons (Fsp3) is 0.250. The van der Waals surface area contributed by atoms with E-state index in [1.165, 1.54) is 29.2 Å². The summed E-state index contributed by atoms with van der Waals surface area (Å²) in [4.78, 5) is 41.9. The van der Waals surface area contributed by atoms with Gasteiger partial charge in [0.05, 0.1) is 5.69 Å². The molecule has 0 aromatic heterocycles. The highest BCUT2D eigenvalue weighted by atomic mass is 19.1. The predicted octanol–water partition coefficient (Wildman–Crippen LogP) is 4.17. The number of ether oxygens (including phenoxy) is 2. The Kier molecular flexibility index (Phi) is 7.33. The number of amides is 2. The Labute approximate surface area is 209 Å². The number of anilines is 1. The lowest BCUT2D eigenvalue weighted by molar-refractivity contribution is -0.134. The first-order chi connectivity index (χ1) is 17.2. The van der Waals surface area contributed by atoms with Crippen molar-refractivity contribution in [3.8, 4) is 11.5 Å². The molecule has 1 aliphatic rings. The van der Waals surface area contributed by atoms with Crippen LogP contribution in [0.2, 0.25) is 0 Å². The zero-order chi connectivity index (χ0) is 25.8. The van der Waals surface area contributed by atoms with Crippen LogP contribution in [0.5, 0.6) is 11.5 Å². The molecule has 186 valence electrons. The summed E-state index contributed by atoms with van der Waals surface area (Å²) in [5.74, 6) is -0.523. The molecule has 0 saturated carbocycles. The van der Waals surface area contributed by atoms with Crippen LogP contribution in [-0.4, -0.2) is 48.8 Å². The Morgan fingerprint density at radius 2 is 1.86 bits per heavy atom. The highest BCUT2D eigenvalue weighted by molar-refractivity contribution is 6.05. The second kappa shape index (κ2) is 10.6. The largest absolute Gasteiger partial charge is 0.485 e. The van der Waals surface area contributed by atoms with Crippen LogP contribution in [0.25, 0.3) is 0 Å². The van der Waals surface area contributed by atoms with E-state index in [2.05, 4.69) is 0 Å². The number of Topliss-reactive ketones (excluding diaryl/α,β-unsaturated/α-hetero) is 1. The Bertz CT molecular complexity index is 1290. The summed E-state index contributed by atoms with van der Waals surface area (Å²) < 4.78 is 24.5. The van der Waals surface area contributed by atoms with Gasteiger partial charge in [-0.2, -0.15) is 0 Å². The number of ketones is 1. The molecule has 1 aliphatic heterocycles. The smallest absolute Gasteiger partial charge is 0.265 e. The van der Waals surface area contributed by atoms with Crippen molar-refractivity contribution < 1.29 is 28.2 Å². The highest BCUT2D eigenvalue weighted by Gasteiger charge is 2.35. The van der Waals surface area contributed by atoms with Gasteiger partial charge < -0.3 is 14.4 Å². The van der Waals surface area contributed by atoms with Crippen LogP contribution in [0, 0.1) is 12.7 Å². The van der Waals surface area contributed by atoms with Crippen molar-refractivity contribution >= 4 is 23.3 Å². The molecule has 3 aromatic rings. The molecule has 8 heteroatoms. The summed E-state index contributed by atoms with van der Waals surface area (Å²) in [6.45, 7) is 3.28. The SMILES string of the molecule is Cc1cc(F)ccc1OCC(=O)c1ccc2c(c1)N(C(C)C(=O)N(C)Cc1ccccc1)C(=O)CO2. The maximum absolute atomic E-state index is 13.3. The Morgan fingerprint density at radius 3 is 2.58 bits per heavy atom. The number of halogens is 1. The maximum Gasteiger partial charge on any atom is 0.265 e. The number of fused-ring (bicyclic) bond motifs is 1. The molecule has 4 rings (SSSR count). The van der Waals surface area contributed by atoms with Crippen LogP contribution in [0.15, 0.2) is 66.7 Å². The van der Waals surface area contributed by atoms with Crippen LogP contribution in [0.4, 0.5) is 10.1 Å². The molecule has 0 spiro atoms. The van der Waals surface area contributed by atoms with Gasteiger partial charge in [-0.15, -0.1) is 0 Å². The summed E-state index contributed by atoms with van der Waals surface area (Å²) in [5.41, 5.74) is 2.20. The molecule has 0 radical (unpaired) electrons. The van der Waals surface area contributed by atoms with Crippen molar-refractivity contribution in [2.75, 3.05) is 25.2 Å². The molecule has 1 unspecified atom stereocenters. The van der Waals surface area contributed by atoms with Crippen molar-refractivity contribution in [3.63, 3.8) is 0 Å². The lowest BCUT2D eigenvalue weighted by Crippen LogP contribution is -2.51. The van der Waals surface area contributed by atoms with E-state index in [4.69, 9.17) is 9.47 Å². The number of benzene rings is 3. The van der Waals surface area contributed by atoms with Crippen LogP contribution in [0.3, 0.4) is 0 Å². The third-order valence-electron chi connectivity index (χ3n) is 6.04. The number of rotatable bonds is 8. The molecule has 0 aliphatic carbocycles. The molecule has 0 N–H and O–H groups in total. The number of aryl methyl sites for hydroxylation is 1. The third kappa shape index (κ3) is 5.38. The number of hydrogen-bond acceptors (Lipinski definition) is 5. The molecule has 0 bridgehead atoms. The molecule has 0 saturated heterocycles. The monoisotopic (exact) mass is 490 g/mol. The van der Waals surface area contributed by atoms with Gasteiger partial charge in [-0.25, -0.2) is 4.39 Å². The molecular formula is C28H27FN2O5. The van der Waals surface area contributed by atoms with E-state index in [1.807, 2.05) is 30.3 Å². The predicted molar refractivity (Wildman–Crippen MR) is 133 cm³/mol. The van der Waals surface area contributed by atoms with E-state index in [1.54, 1.807) is 37.9 Å². The summed E-state index contributed by atoms with van der Waals surface area (Å²) >= 11 is 0. The second-order valence-corrected chi connectivity index (χ2v) is 8.71. The minimum atomic E-state index is -0.808. The summed E-state index contributed by atoms with van der Waals surface area (Å²) in [6, 6.07) is 17.5. The van der Waals surface area contributed by atoms with Gasteiger partial charge in [-0.05, 0) is 61.4 Å². The lowest BCUT2D eigenvalue weighted by Gasteiger charge is -2.35. The molecule has 2 amide bonds. The van der Waals surface area contributed by atoms with Gasteiger partial charge in [-0.3, -0.25) is 19.3 Å². The fourth-order valence-corrected chi connectivity index (χ4v) is 4.14. The zero-order valence-electron chi connectivity index (χ0n) is 20.4. The minimum Gasteiger partial charge on any atom is -0.485 e. The van der Waals surface area contributed by atoms with Crippen LogP contribution in [0.1, 0.15) is 28.4 Å². The standard InChI is InChI=1S/C28H27FN2O5/c1-18-13-22(29)10-12-25(18)35-16-24(32)21-9-11-26-23(14-21)31(27(33)17-36-26)19(2)28(34)30(3)15-20-7-5-4-6-8-20/h4-14,19H,15-17H2,1-3H3. The number of likely N-dealkylation sites (N-methyl/N-ethyl adjacent to an activating group) is 1. The van der Waals surface area contributed by atoms with E-state index in [9.17, 15) is 18.8 Å². The Hall–Kier alpha value is -4.20. The van der Waals surface area contributed by atoms with E-state index in [0.29, 0.717) is 34.9 Å². The molecule has 1 atom stereocenters. The summed E-state index contributed by atoms with van der Waals surface area (Å²) in [7, 11) is 1.69. The summed E-state index contributed by atoms with van der Waals surface area (Å²) in [5, 5.41) is 0. The first kappa shape index (κ1) is 24.9. The zero-order valence-corrected chi connectivity index (χ0v) is 20.4. The van der Waals surface area contributed by atoms with Gasteiger partial charge in [-0.1, -0.05) is 30.3 Å². The molecule has 36 heavy (non-hydrogen) atoms. The third-order valence-corrected chi connectivity index (χ3v) is 6.04. The average molecular weight is 491 g/mol. The first-order valence-electron chi connectivity index (χ1n) is 11.5. The second-order valence-electron chi connectivity index (χ2n) is 8.71. The molecular weight excluding hydrogens is 463 g/mol. The number of hydrogen-bond donors (Lipinski definition) is 0. The van der Waals surface area contributed by atoms with Crippen LogP contribution >= 0.6 is 0 Å². The molecule has 3 aromatic carbocycles. The van der Waals surface area contributed by atoms with E-state index >= 15 is 0 Å². The van der Waals surface area contributed by atoms with Gasteiger partial charge in [0.15, 0.2) is 19.0 Å². The molecule has 7 nitrogen and oxygen atoms in total. The van der Waals surface area contributed by atoms with Crippen LogP contribution in [-0.2, 0) is 16.1 Å². The number of nitrogens with zero attached hydrogens (tertiary/aromatic N) is 2. The van der Waals surface area contributed by atoms with Gasteiger partial charge >= 0.3 is 0 Å². The Balaban J connectivity index is 1.52. The number of carbonyl (C=O) groups is 3.